The molecule has 9 heteroatoms. The van der Waals surface area contributed by atoms with Crippen LogP contribution in [0.1, 0.15) is 56.3 Å². The van der Waals surface area contributed by atoms with Crippen molar-refractivity contribution >= 4 is 22.4 Å². The highest BCUT2D eigenvalue weighted by Crippen LogP contribution is 2.43. The molecule has 0 bridgehead atoms. The Hall–Kier alpha value is -1.48. The molecule has 2 aromatic rings. The average Bonchev–Trinajstić information content (AvgIpc) is 3.18. The maximum absolute atomic E-state index is 12.3. The predicted octanol–water partition coefficient (Wildman–Crippen LogP) is 2.56. The van der Waals surface area contributed by atoms with Crippen molar-refractivity contribution in [2.45, 2.75) is 50.0 Å². The Morgan fingerprint density at radius 3 is 2.32 bits per heavy atom. The zero-order chi connectivity index (χ0) is 19.1. The van der Waals surface area contributed by atoms with Gasteiger partial charge in [0.25, 0.3) is 0 Å². The number of sulfonamides is 1. The molecule has 2 N–H and O–H groups in total. The van der Waals surface area contributed by atoms with Gasteiger partial charge in [0.15, 0.2) is 5.82 Å². The molecule has 154 valence electrons. The van der Waals surface area contributed by atoms with Crippen LogP contribution in [-0.4, -0.2) is 41.7 Å². The van der Waals surface area contributed by atoms with Gasteiger partial charge in [-0.3, -0.25) is 0 Å². The van der Waals surface area contributed by atoms with Crippen molar-refractivity contribution in [3.05, 3.63) is 47.6 Å². The van der Waals surface area contributed by atoms with Gasteiger partial charge in [-0.2, -0.15) is 4.98 Å². The lowest BCUT2D eigenvalue weighted by molar-refractivity contribution is 0.209. The average molecular weight is 427 g/mol. The monoisotopic (exact) mass is 426 g/mol. The first-order valence-electron chi connectivity index (χ1n) is 9.57. The third kappa shape index (κ3) is 3.47. The van der Waals surface area contributed by atoms with Crippen LogP contribution in [-0.2, 0) is 21.0 Å². The van der Waals surface area contributed by atoms with Crippen LogP contribution in [0, 0.1) is 0 Å². The van der Waals surface area contributed by atoms with Crippen LogP contribution in [0.5, 0.6) is 0 Å². The number of piperidine rings is 1. The Morgan fingerprint density at radius 2 is 1.79 bits per heavy atom. The van der Waals surface area contributed by atoms with Crippen molar-refractivity contribution in [1.82, 2.24) is 14.4 Å². The highest BCUT2D eigenvalue weighted by Gasteiger charge is 2.46. The minimum Gasteiger partial charge on any atom is -0.338 e. The van der Waals surface area contributed by atoms with Crippen molar-refractivity contribution in [3.63, 3.8) is 0 Å². The van der Waals surface area contributed by atoms with Crippen LogP contribution in [0.15, 0.2) is 34.9 Å². The Labute approximate surface area is 172 Å². The summed E-state index contributed by atoms with van der Waals surface area (Å²) in [4.78, 5) is 4.71. The van der Waals surface area contributed by atoms with Gasteiger partial charge in [-0.15, -0.1) is 12.4 Å². The number of rotatable bonds is 5. The Bertz CT molecular complexity index is 904. The fourth-order valence-electron chi connectivity index (χ4n) is 4.11. The predicted molar refractivity (Wildman–Crippen MR) is 109 cm³/mol. The molecular formula is C19H27ClN4O3S. The van der Waals surface area contributed by atoms with Gasteiger partial charge in [-0.05, 0) is 44.6 Å². The number of halogens is 1. The molecule has 1 saturated heterocycles. The summed E-state index contributed by atoms with van der Waals surface area (Å²) in [6.45, 7) is 2.56. The summed E-state index contributed by atoms with van der Waals surface area (Å²) >= 11 is 0. The third-order valence-electron chi connectivity index (χ3n) is 6.19. The van der Waals surface area contributed by atoms with Crippen LogP contribution >= 0.6 is 12.4 Å². The summed E-state index contributed by atoms with van der Waals surface area (Å²) in [5.41, 5.74) is 6.49. The summed E-state index contributed by atoms with van der Waals surface area (Å²) in [7, 11) is -3.20. The van der Waals surface area contributed by atoms with E-state index in [0.717, 1.165) is 24.8 Å². The Morgan fingerprint density at radius 1 is 1.14 bits per heavy atom. The molecule has 7 nitrogen and oxygen atoms in total. The summed E-state index contributed by atoms with van der Waals surface area (Å²) in [6.07, 6.45) is 4.03. The van der Waals surface area contributed by atoms with Gasteiger partial charge < -0.3 is 10.3 Å². The molecule has 4 rings (SSSR count). The molecule has 28 heavy (non-hydrogen) atoms. The molecule has 0 atom stereocenters. The summed E-state index contributed by atoms with van der Waals surface area (Å²) in [5.74, 6) is 1.24. The first-order valence-corrected chi connectivity index (χ1v) is 11.2. The second-order valence-electron chi connectivity index (χ2n) is 7.68. The van der Waals surface area contributed by atoms with Gasteiger partial charge in [0.1, 0.15) is 0 Å². The SMILES string of the molecule is CCS(=O)(=O)N1CCC(c2ccccc2)(c2nc(C3(N)CCC3)no2)CC1.Cl. The quantitative estimate of drug-likeness (QED) is 0.788. The van der Waals surface area contributed by atoms with Crippen molar-refractivity contribution in [1.29, 1.82) is 0 Å². The van der Waals surface area contributed by atoms with Gasteiger partial charge in [0.05, 0.1) is 16.7 Å². The maximum atomic E-state index is 12.3. The van der Waals surface area contributed by atoms with Gasteiger partial charge in [-0.25, -0.2) is 12.7 Å². The minimum atomic E-state index is -3.20. The minimum absolute atomic E-state index is 0. The molecule has 2 fully saturated rings. The molecule has 2 heterocycles. The van der Waals surface area contributed by atoms with Crippen LogP contribution in [0.4, 0.5) is 0 Å². The first-order chi connectivity index (χ1) is 12.9. The lowest BCUT2D eigenvalue weighted by atomic mass is 9.72. The fourth-order valence-corrected chi connectivity index (χ4v) is 5.22. The second kappa shape index (κ2) is 7.74. The van der Waals surface area contributed by atoms with E-state index in [9.17, 15) is 8.42 Å². The normalized spacial score (nSPS) is 21.5. The van der Waals surface area contributed by atoms with E-state index in [0.29, 0.717) is 37.6 Å². The zero-order valence-electron chi connectivity index (χ0n) is 16.0. The van der Waals surface area contributed by atoms with Crippen LogP contribution in [0.2, 0.25) is 0 Å². The van der Waals surface area contributed by atoms with E-state index >= 15 is 0 Å². The summed E-state index contributed by atoms with van der Waals surface area (Å²) < 4.78 is 31.9. The van der Waals surface area contributed by atoms with E-state index < -0.39 is 21.0 Å². The molecule has 1 saturated carbocycles. The molecule has 0 amide bonds. The molecule has 1 aliphatic heterocycles. The zero-order valence-corrected chi connectivity index (χ0v) is 17.6. The number of hydrogen-bond acceptors (Lipinski definition) is 6. The Kier molecular flexibility index (Phi) is 5.87. The van der Waals surface area contributed by atoms with Gasteiger partial charge >= 0.3 is 0 Å². The van der Waals surface area contributed by atoms with Crippen molar-refractivity contribution < 1.29 is 12.9 Å². The smallest absolute Gasteiger partial charge is 0.237 e. The molecule has 0 unspecified atom stereocenters. The van der Waals surface area contributed by atoms with E-state index in [4.69, 9.17) is 15.2 Å². The van der Waals surface area contributed by atoms with Crippen molar-refractivity contribution in [3.8, 4) is 0 Å². The lowest BCUT2D eigenvalue weighted by Gasteiger charge is -2.39. The number of nitrogens with zero attached hydrogens (tertiary/aromatic N) is 3. The largest absolute Gasteiger partial charge is 0.338 e. The fraction of sp³-hybridized carbons (Fsp3) is 0.579. The van der Waals surface area contributed by atoms with Gasteiger partial charge in [0.2, 0.25) is 15.9 Å². The number of hydrogen-bond donors (Lipinski definition) is 1. The highest BCUT2D eigenvalue weighted by molar-refractivity contribution is 7.89. The summed E-state index contributed by atoms with van der Waals surface area (Å²) in [5, 5.41) is 4.20. The highest BCUT2D eigenvalue weighted by atomic mass is 35.5. The third-order valence-corrected chi connectivity index (χ3v) is 8.07. The summed E-state index contributed by atoms with van der Waals surface area (Å²) in [6, 6.07) is 10.0. The molecule has 1 aromatic heterocycles. The van der Waals surface area contributed by atoms with E-state index in [2.05, 4.69) is 17.3 Å². The second-order valence-corrected chi connectivity index (χ2v) is 9.94. The maximum Gasteiger partial charge on any atom is 0.237 e. The number of benzene rings is 1. The molecule has 0 spiro atoms. The molecule has 1 aliphatic carbocycles. The number of nitrogens with two attached hydrogens (primary N) is 1. The van der Waals surface area contributed by atoms with E-state index in [1.807, 2.05) is 18.2 Å². The van der Waals surface area contributed by atoms with E-state index in [-0.39, 0.29) is 18.2 Å². The topological polar surface area (TPSA) is 102 Å². The van der Waals surface area contributed by atoms with Crippen molar-refractivity contribution in [2.75, 3.05) is 18.8 Å². The van der Waals surface area contributed by atoms with E-state index in [1.54, 1.807) is 11.2 Å². The van der Waals surface area contributed by atoms with Crippen molar-refractivity contribution in [2.24, 2.45) is 5.73 Å². The number of aromatic nitrogens is 2. The van der Waals surface area contributed by atoms with E-state index in [1.165, 1.54) is 0 Å². The standard InChI is InChI=1S/C19H26N4O3S.ClH/c1-2-27(24,25)23-13-11-18(12-14-23,15-7-4-3-5-8-15)17-21-16(22-26-17)19(20)9-6-10-19;/h3-5,7-8H,2,6,9-14,20H2,1H3;1H. The van der Waals surface area contributed by atoms with Crippen LogP contribution in [0.25, 0.3) is 0 Å². The molecule has 1 aromatic carbocycles. The molecule has 0 radical (unpaired) electrons. The van der Waals surface area contributed by atoms with Crippen LogP contribution < -0.4 is 5.73 Å². The van der Waals surface area contributed by atoms with Gasteiger partial charge in [0, 0.05) is 13.1 Å². The van der Waals surface area contributed by atoms with Crippen LogP contribution in [0.3, 0.4) is 0 Å². The first kappa shape index (κ1) is 21.2. The lowest BCUT2D eigenvalue weighted by Crippen LogP contribution is -2.47. The van der Waals surface area contributed by atoms with Gasteiger partial charge in [-0.1, -0.05) is 35.5 Å². The molecule has 2 aliphatic rings. The molecular weight excluding hydrogens is 400 g/mol. The Balaban J connectivity index is 0.00000225.